The SMILES string of the molecule is COC[C@]1(O)CCCC[C@H]1n1cnc(C(=O)N2CCNC[C@H]2CCNc2ccc(C)cc2OC)c1-c1ccccc1. The lowest BCUT2D eigenvalue weighted by Crippen LogP contribution is -2.54. The second-order valence-corrected chi connectivity index (χ2v) is 11.3. The zero-order chi connectivity index (χ0) is 28.8. The average molecular weight is 562 g/mol. The van der Waals surface area contributed by atoms with Crippen molar-refractivity contribution in [3.63, 3.8) is 0 Å². The number of rotatable bonds is 10. The molecular formula is C32H43N5O4. The molecule has 2 heterocycles. The largest absolute Gasteiger partial charge is 0.495 e. The van der Waals surface area contributed by atoms with Gasteiger partial charge in [-0.1, -0.05) is 49.2 Å². The Labute approximate surface area is 242 Å². The quantitative estimate of drug-likeness (QED) is 0.340. The first-order chi connectivity index (χ1) is 19.9. The van der Waals surface area contributed by atoms with Gasteiger partial charge in [-0.15, -0.1) is 0 Å². The molecule has 2 aliphatic rings. The second-order valence-electron chi connectivity index (χ2n) is 11.3. The highest BCUT2D eigenvalue weighted by Gasteiger charge is 2.42. The number of anilines is 1. The Morgan fingerprint density at radius 1 is 1.20 bits per heavy atom. The lowest BCUT2D eigenvalue weighted by atomic mass is 9.80. The van der Waals surface area contributed by atoms with E-state index in [1.165, 1.54) is 0 Å². The summed E-state index contributed by atoms with van der Waals surface area (Å²) in [6.45, 7) is 5.04. The van der Waals surface area contributed by atoms with Crippen LogP contribution in [0.2, 0.25) is 0 Å². The van der Waals surface area contributed by atoms with E-state index in [1.807, 2.05) is 58.9 Å². The molecule has 2 fully saturated rings. The molecule has 41 heavy (non-hydrogen) atoms. The highest BCUT2D eigenvalue weighted by Crippen LogP contribution is 2.41. The molecule has 1 saturated carbocycles. The molecular weight excluding hydrogens is 518 g/mol. The number of hydrogen-bond acceptors (Lipinski definition) is 7. The minimum absolute atomic E-state index is 0.00840. The summed E-state index contributed by atoms with van der Waals surface area (Å²) in [6.07, 6.45) is 5.92. The summed E-state index contributed by atoms with van der Waals surface area (Å²) in [5, 5.41) is 18.6. The molecule has 5 rings (SSSR count). The number of carbonyl (C=O) groups excluding carboxylic acids is 1. The number of ether oxygens (including phenoxy) is 2. The maximum atomic E-state index is 14.3. The van der Waals surface area contributed by atoms with Crippen LogP contribution in [0.3, 0.4) is 0 Å². The zero-order valence-electron chi connectivity index (χ0n) is 24.4. The van der Waals surface area contributed by atoms with Gasteiger partial charge in [-0.3, -0.25) is 4.79 Å². The smallest absolute Gasteiger partial charge is 0.275 e. The number of nitrogens with one attached hydrogen (secondary N) is 2. The normalized spacial score (nSPS) is 22.9. The Kier molecular flexibility index (Phi) is 9.27. The Morgan fingerprint density at radius 2 is 2.02 bits per heavy atom. The fourth-order valence-corrected chi connectivity index (χ4v) is 6.40. The van der Waals surface area contributed by atoms with Crippen molar-refractivity contribution in [1.29, 1.82) is 0 Å². The number of aromatic nitrogens is 2. The number of aryl methyl sites for hydroxylation is 1. The molecule has 1 saturated heterocycles. The molecule has 3 atom stereocenters. The molecule has 0 unspecified atom stereocenters. The number of nitrogens with zero attached hydrogens (tertiary/aromatic N) is 3. The third-order valence-corrected chi connectivity index (χ3v) is 8.49. The van der Waals surface area contributed by atoms with E-state index in [0.717, 1.165) is 67.0 Å². The fraction of sp³-hybridized carbons (Fsp3) is 0.500. The monoisotopic (exact) mass is 561 g/mol. The molecule has 3 aromatic rings. The van der Waals surface area contributed by atoms with Crippen LogP contribution in [0.4, 0.5) is 5.69 Å². The summed E-state index contributed by atoms with van der Waals surface area (Å²) in [7, 11) is 3.30. The molecule has 9 nitrogen and oxygen atoms in total. The van der Waals surface area contributed by atoms with Crippen molar-refractivity contribution in [3.8, 4) is 17.0 Å². The van der Waals surface area contributed by atoms with Crippen LogP contribution in [-0.4, -0.2) is 84.1 Å². The van der Waals surface area contributed by atoms with Gasteiger partial charge in [0.2, 0.25) is 0 Å². The van der Waals surface area contributed by atoms with Gasteiger partial charge >= 0.3 is 0 Å². The van der Waals surface area contributed by atoms with Gasteiger partial charge in [0.1, 0.15) is 11.4 Å². The summed E-state index contributed by atoms with van der Waals surface area (Å²) in [5.74, 6) is 0.738. The van der Waals surface area contributed by atoms with E-state index >= 15 is 0 Å². The van der Waals surface area contributed by atoms with Gasteiger partial charge in [-0.05, 0) is 43.9 Å². The van der Waals surface area contributed by atoms with Gasteiger partial charge in [-0.2, -0.15) is 0 Å². The van der Waals surface area contributed by atoms with Crippen LogP contribution in [0.15, 0.2) is 54.9 Å². The van der Waals surface area contributed by atoms with Crippen LogP contribution in [0.1, 0.15) is 54.2 Å². The Bertz CT molecular complexity index is 1310. The van der Waals surface area contributed by atoms with Crippen LogP contribution in [0.25, 0.3) is 11.3 Å². The molecule has 0 bridgehead atoms. The number of carbonyl (C=O) groups is 1. The fourth-order valence-electron chi connectivity index (χ4n) is 6.40. The van der Waals surface area contributed by atoms with Crippen LogP contribution in [-0.2, 0) is 4.74 Å². The lowest BCUT2D eigenvalue weighted by molar-refractivity contribution is -0.0893. The van der Waals surface area contributed by atoms with Crippen LogP contribution < -0.4 is 15.4 Å². The van der Waals surface area contributed by atoms with Gasteiger partial charge in [-0.25, -0.2) is 4.98 Å². The van der Waals surface area contributed by atoms with E-state index in [1.54, 1.807) is 20.5 Å². The number of imidazole rings is 1. The predicted molar refractivity (Wildman–Crippen MR) is 161 cm³/mol. The lowest BCUT2D eigenvalue weighted by Gasteiger charge is -2.41. The Morgan fingerprint density at radius 3 is 2.80 bits per heavy atom. The zero-order valence-corrected chi connectivity index (χ0v) is 24.4. The molecule has 1 aromatic heterocycles. The first kappa shape index (κ1) is 29.1. The molecule has 9 heteroatoms. The maximum Gasteiger partial charge on any atom is 0.275 e. The number of methoxy groups -OCH3 is 2. The molecule has 0 radical (unpaired) electrons. The summed E-state index contributed by atoms with van der Waals surface area (Å²) in [6, 6.07) is 15.8. The third-order valence-electron chi connectivity index (χ3n) is 8.49. The standard InChI is InChI=1S/C32H43N5O4/c1-23-12-13-26(27(19-23)41-3)34-16-14-25-20-33-17-18-36(25)31(38)29-30(24-9-5-4-6-10-24)37(22-35-29)28-11-7-8-15-32(28,39)21-40-2/h4-6,9-10,12-13,19,22,25,28,33-34,39H,7-8,11,14-18,20-21H2,1-3H3/t25-,28-,32-/m1/s1. The number of benzene rings is 2. The van der Waals surface area contributed by atoms with E-state index < -0.39 is 5.60 Å². The molecule has 220 valence electrons. The first-order valence-corrected chi connectivity index (χ1v) is 14.7. The minimum Gasteiger partial charge on any atom is -0.495 e. The predicted octanol–water partition coefficient (Wildman–Crippen LogP) is 4.28. The second kappa shape index (κ2) is 13.1. The average Bonchev–Trinajstić information content (AvgIpc) is 3.43. The van der Waals surface area contributed by atoms with Gasteiger partial charge in [0.05, 0.1) is 37.5 Å². The Hall–Kier alpha value is -3.40. The topological polar surface area (TPSA) is 101 Å². The van der Waals surface area contributed by atoms with Crippen molar-refractivity contribution in [2.75, 3.05) is 52.3 Å². The molecule has 1 aliphatic carbocycles. The van der Waals surface area contributed by atoms with Crippen LogP contribution in [0.5, 0.6) is 5.75 Å². The van der Waals surface area contributed by atoms with Gasteiger partial charge in [0, 0.05) is 44.9 Å². The molecule has 0 spiro atoms. The van der Waals surface area contributed by atoms with Crippen molar-refractivity contribution < 1.29 is 19.4 Å². The van der Waals surface area contributed by atoms with Crippen LogP contribution >= 0.6 is 0 Å². The van der Waals surface area contributed by atoms with Crippen molar-refractivity contribution in [1.82, 2.24) is 19.8 Å². The van der Waals surface area contributed by atoms with Gasteiger partial charge in [0.15, 0.2) is 5.69 Å². The summed E-state index contributed by atoms with van der Waals surface area (Å²) < 4.78 is 13.0. The summed E-state index contributed by atoms with van der Waals surface area (Å²) in [4.78, 5) is 20.9. The summed E-state index contributed by atoms with van der Waals surface area (Å²) in [5.41, 5.74) is 3.18. The first-order valence-electron chi connectivity index (χ1n) is 14.7. The molecule has 3 N–H and O–H groups in total. The van der Waals surface area contributed by atoms with E-state index in [0.29, 0.717) is 25.2 Å². The van der Waals surface area contributed by atoms with E-state index in [9.17, 15) is 9.90 Å². The van der Waals surface area contributed by atoms with Crippen molar-refractivity contribution in [2.24, 2.45) is 0 Å². The highest BCUT2D eigenvalue weighted by atomic mass is 16.5. The van der Waals surface area contributed by atoms with Gasteiger partial charge in [0.25, 0.3) is 5.91 Å². The van der Waals surface area contributed by atoms with Gasteiger partial charge < -0.3 is 34.7 Å². The molecule has 2 aromatic carbocycles. The van der Waals surface area contributed by atoms with E-state index in [-0.39, 0.29) is 24.6 Å². The maximum absolute atomic E-state index is 14.3. The van der Waals surface area contributed by atoms with Crippen molar-refractivity contribution in [2.45, 2.75) is 56.7 Å². The third kappa shape index (κ3) is 6.27. The molecule has 1 aliphatic heterocycles. The summed E-state index contributed by atoms with van der Waals surface area (Å²) >= 11 is 0. The number of aliphatic hydroxyl groups is 1. The van der Waals surface area contributed by atoms with Crippen molar-refractivity contribution >= 4 is 11.6 Å². The highest BCUT2D eigenvalue weighted by molar-refractivity contribution is 5.98. The minimum atomic E-state index is -1.02. The number of hydrogen-bond donors (Lipinski definition) is 3. The van der Waals surface area contributed by atoms with E-state index in [4.69, 9.17) is 14.5 Å². The van der Waals surface area contributed by atoms with Crippen molar-refractivity contribution in [3.05, 3.63) is 66.1 Å². The number of piperazine rings is 1. The number of amides is 1. The van der Waals surface area contributed by atoms with E-state index in [2.05, 4.69) is 16.7 Å². The van der Waals surface area contributed by atoms with Crippen LogP contribution in [0, 0.1) is 6.92 Å². The molecule has 1 amide bonds. The Balaban J connectivity index is 1.41.